The van der Waals surface area contributed by atoms with Crippen LogP contribution >= 0.6 is 15.9 Å². The molecule has 1 saturated heterocycles. The number of carbonyl (C=O) groups is 2. The van der Waals surface area contributed by atoms with E-state index in [0.29, 0.717) is 41.9 Å². The Kier molecular flexibility index (Phi) is 5.29. The minimum atomic E-state index is -0.505. The minimum absolute atomic E-state index is 0.138. The summed E-state index contributed by atoms with van der Waals surface area (Å²) < 4.78 is 15.7. The van der Waals surface area contributed by atoms with Crippen molar-refractivity contribution in [3.63, 3.8) is 0 Å². The number of nitrogens with zero attached hydrogens (tertiary/aromatic N) is 4. The Morgan fingerprint density at radius 2 is 2.04 bits per heavy atom. The van der Waals surface area contributed by atoms with Gasteiger partial charge in [-0.25, -0.2) is 4.39 Å². The third-order valence-corrected chi connectivity index (χ3v) is 4.88. The summed E-state index contributed by atoms with van der Waals surface area (Å²) in [5.41, 5.74) is 1.01. The average Bonchev–Trinajstić information content (AvgIpc) is 2.94. The largest absolute Gasteiger partial charge is 0.335 e. The highest BCUT2D eigenvalue weighted by atomic mass is 79.9. The SMILES string of the molecule is Cn1cc(Br)c(C(=O)N2CCN(C(C=O)c3cccc(F)c3)CC2)n1. The molecule has 1 amide bonds. The van der Waals surface area contributed by atoms with Crippen LogP contribution in [0, 0.1) is 5.82 Å². The number of aromatic nitrogens is 2. The zero-order valence-electron chi connectivity index (χ0n) is 13.7. The van der Waals surface area contributed by atoms with Crippen LogP contribution in [0.3, 0.4) is 0 Å². The van der Waals surface area contributed by atoms with Gasteiger partial charge in [-0.2, -0.15) is 5.10 Å². The molecular formula is C17H18BrFN4O2. The Morgan fingerprint density at radius 3 is 2.60 bits per heavy atom. The summed E-state index contributed by atoms with van der Waals surface area (Å²) in [6.45, 7) is 2.05. The fourth-order valence-electron chi connectivity index (χ4n) is 3.02. The smallest absolute Gasteiger partial charge is 0.275 e. The predicted molar refractivity (Wildman–Crippen MR) is 93.6 cm³/mol. The van der Waals surface area contributed by atoms with E-state index >= 15 is 0 Å². The van der Waals surface area contributed by atoms with Crippen LogP contribution in [0.5, 0.6) is 0 Å². The number of carbonyl (C=O) groups excluding carboxylic acids is 2. The monoisotopic (exact) mass is 408 g/mol. The van der Waals surface area contributed by atoms with Crippen LogP contribution in [0.4, 0.5) is 4.39 Å². The Balaban J connectivity index is 1.67. The van der Waals surface area contributed by atoms with Crippen molar-refractivity contribution in [3.8, 4) is 0 Å². The van der Waals surface area contributed by atoms with Gasteiger partial charge in [-0.3, -0.25) is 14.4 Å². The normalized spacial score (nSPS) is 16.7. The number of aldehydes is 1. The second-order valence-electron chi connectivity index (χ2n) is 5.96. The van der Waals surface area contributed by atoms with Crippen molar-refractivity contribution in [2.24, 2.45) is 7.05 Å². The number of hydrogen-bond acceptors (Lipinski definition) is 4. The van der Waals surface area contributed by atoms with Gasteiger partial charge in [0.15, 0.2) is 5.69 Å². The van der Waals surface area contributed by atoms with Gasteiger partial charge >= 0.3 is 0 Å². The van der Waals surface area contributed by atoms with Crippen LogP contribution in [0.1, 0.15) is 22.1 Å². The van der Waals surface area contributed by atoms with Crippen LogP contribution in [-0.4, -0.2) is 58.0 Å². The van der Waals surface area contributed by atoms with Crippen molar-refractivity contribution in [1.82, 2.24) is 19.6 Å². The molecular weight excluding hydrogens is 391 g/mol. The van der Waals surface area contributed by atoms with Gasteiger partial charge in [-0.05, 0) is 33.6 Å². The highest BCUT2D eigenvalue weighted by molar-refractivity contribution is 9.10. The number of hydrogen-bond donors (Lipinski definition) is 0. The van der Waals surface area contributed by atoms with Crippen LogP contribution < -0.4 is 0 Å². The Hall–Kier alpha value is -2.06. The lowest BCUT2D eigenvalue weighted by molar-refractivity contribution is -0.113. The van der Waals surface area contributed by atoms with E-state index in [0.717, 1.165) is 6.29 Å². The lowest BCUT2D eigenvalue weighted by atomic mass is 10.1. The van der Waals surface area contributed by atoms with E-state index in [1.165, 1.54) is 12.1 Å². The van der Waals surface area contributed by atoms with Crippen LogP contribution in [0.2, 0.25) is 0 Å². The molecule has 1 aromatic heterocycles. The molecule has 6 nitrogen and oxygen atoms in total. The number of aryl methyl sites for hydroxylation is 1. The lowest BCUT2D eigenvalue weighted by Crippen LogP contribution is -2.50. The molecule has 0 N–H and O–H groups in total. The molecule has 2 aromatic rings. The van der Waals surface area contributed by atoms with Crippen molar-refractivity contribution in [2.75, 3.05) is 26.2 Å². The van der Waals surface area contributed by atoms with E-state index in [9.17, 15) is 14.0 Å². The van der Waals surface area contributed by atoms with E-state index in [1.54, 1.807) is 35.0 Å². The summed E-state index contributed by atoms with van der Waals surface area (Å²) in [6, 6.07) is 5.56. The molecule has 2 heterocycles. The quantitative estimate of drug-likeness (QED) is 0.726. The summed E-state index contributed by atoms with van der Waals surface area (Å²) in [5.74, 6) is -0.501. The molecule has 1 fully saturated rings. The van der Waals surface area contributed by atoms with Gasteiger partial charge in [0.2, 0.25) is 0 Å². The van der Waals surface area contributed by atoms with Gasteiger partial charge in [0.1, 0.15) is 12.1 Å². The maximum atomic E-state index is 13.4. The van der Waals surface area contributed by atoms with Crippen molar-refractivity contribution < 1.29 is 14.0 Å². The molecule has 0 saturated carbocycles. The maximum Gasteiger partial charge on any atom is 0.275 e. The van der Waals surface area contributed by atoms with Crippen molar-refractivity contribution in [2.45, 2.75) is 6.04 Å². The minimum Gasteiger partial charge on any atom is -0.335 e. The fourth-order valence-corrected chi connectivity index (χ4v) is 3.57. The highest BCUT2D eigenvalue weighted by Crippen LogP contribution is 2.22. The molecule has 8 heteroatoms. The van der Waals surface area contributed by atoms with E-state index in [2.05, 4.69) is 21.0 Å². The molecule has 0 spiro atoms. The first-order valence-corrected chi connectivity index (χ1v) is 8.72. The van der Waals surface area contributed by atoms with Crippen LogP contribution in [-0.2, 0) is 11.8 Å². The van der Waals surface area contributed by atoms with Gasteiger partial charge in [0.25, 0.3) is 5.91 Å². The molecule has 132 valence electrons. The first kappa shape index (κ1) is 17.8. The Bertz CT molecular complexity index is 787. The number of amides is 1. The lowest BCUT2D eigenvalue weighted by Gasteiger charge is -2.37. The number of benzene rings is 1. The summed E-state index contributed by atoms with van der Waals surface area (Å²) in [4.78, 5) is 27.8. The van der Waals surface area contributed by atoms with Crippen molar-refractivity contribution >= 4 is 28.1 Å². The van der Waals surface area contributed by atoms with Crippen LogP contribution in [0.25, 0.3) is 0 Å². The van der Waals surface area contributed by atoms with E-state index < -0.39 is 6.04 Å². The number of piperazine rings is 1. The fraction of sp³-hybridized carbons (Fsp3) is 0.353. The van der Waals surface area contributed by atoms with Crippen LogP contribution in [0.15, 0.2) is 34.9 Å². The third kappa shape index (κ3) is 3.80. The van der Waals surface area contributed by atoms with E-state index in [-0.39, 0.29) is 11.7 Å². The van der Waals surface area contributed by atoms with Gasteiger partial charge in [-0.15, -0.1) is 0 Å². The number of halogens is 2. The number of rotatable bonds is 4. The second kappa shape index (κ2) is 7.45. The van der Waals surface area contributed by atoms with Gasteiger partial charge < -0.3 is 9.69 Å². The molecule has 1 aliphatic heterocycles. The van der Waals surface area contributed by atoms with E-state index in [1.807, 2.05) is 4.90 Å². The van der Waals surface area contributed by atoms with Crippen molar-refractivity contribution in [1.29, 1.82) is 0 Å². The summed E-state index contributed by atoms with van der Waals surface area (Å²) in [5, 5.41) is 4.18. The Morgan fingerprint density at radius 1 is 1.32 bits per heavy atom. The molecule has 0 aliphatic carbocycles. The highest BCUT2D eigenvalue weighted by Gasteiger charge is 2.29. The first-order chi connectivity index (χ1) is 12.0. The van der Waals surface area contributed by atoms with Crippen molar-refractivity contribution in [3.05, 3.63) is 52.0 Å². The predicted octanol–water partition coefficient (Wildman–Crippen LogP) is 2.02. The second-order valence-corrected chi connectivity index (χ2v) is 6.82. The molecule has 25 heavy (non-hydrogen) atoms. The zero-order valence-corrected chi connectivity index (χ0v) is 15.3. The summed E-state index contributed by atoms with van der Waals surface area (Å²) in [7, 11) is 1.76. The van der Waals surface area contributed by atoms with Gasteiger partial charge in [-0.1, -0.05) is 12.1 Å². The van der Waals surface area contributed by atoms with Gasteiger partial charge in [0.05, 0.1) is 10.5 Å². The molecule has 1 aliphatic rings. The van der Waals surface area contributed by atoms with E-state index in [4.69, 9.17) is 0 Å². The first-order valence-electron chi connectivity index (χ1n) is 7.93. The summed E-state index contributed by atoms with van der Waals surface area (Å²) >= 11 is 3.34. The molecule has 1 aromatic carbocycles. The molecule has 1 unspecified atom stereocenters. The standard InChI is InChI=1S/C17H18BrFN4O2/c1-21-10-14(18)16(20-21)17(25)23-7-5-22(6-8-23)15(11-24)12-3-2-4-13(19)9-12/h2-4,9-11,15H,5-8H2,1H3. The molecule has 3 rings (SSSR count). The average molecular weight is 409 g/mol. The molecule has 1 atom stereocenters. The molecule has 0 bridgehead atoms. The topological polar surface area (TPSA) is 58.4 Å². The maximum absolute atomic E-state index is 13.4. The molecule has 0 radical (unpaired) electrons. The Labute approximate surface area is 153 Å². The zero-order chi connectivity index (χ0) is 18.0. The summed E-state index contributed by atoms with van der Waals surface area (Å²) in [6.07, 6.45) is 2.55. The third-order valence-electron chi connectivity index (χ3n) is 4.30. The van der Waals surface area contributed by atoms with Gasteiger partial charge in [0, 0.05) is 39.4 Å².